The number of guanidine groups is 1. The van der Waals surface area contributed by atoms with Crippen LogP contribution >= 0.6 is 0 Å². The molecule has 150 valence electrons. The van der Waals surface area contributed by atoms with Crippen molar-refractivity contribution in [3.05, 3.63) is 30.3 Å². The van der Waals surface area contributed by atoms with Gasteiger partial charge in [0.1, 0.15) is 0 Å². The number of para-hydroxylation sites is 1. The van der Waals surface area contributed by atoms with Crippen LogP contribution in [0.4, 0.5) is 5.69 Å². The van der Waals surface area contributed by atoms with Crippen molar-refractivity contribution in [2.45, 2.75) is 51.0 Å². The van der Waals surface area contributed by atoms with Gasteiger partial charge in [-0.2, -0.15) is 0 Å². The maximum atomic E-state index is 4.41. The van der Waals surface area contributed by atoms with Gasteiger partial charge in [-0.3, -0.25) is 4.99 Å². The number of rotatable bonds is 8. The summed E-state index contributed by atoms with van der Waals surface area (Å²) < 4.78 is 0. The second-order valence-corrected chi connectivity index (χ2v) is 7.87. The first-order chi connectivity index (χ1) is 13.3. The molecule has 5 nitrogen and oxygen atoms in total. The van der Waals surface area contributed by atoms with Crippen molar-refractivity contribution in [2.24, 2.45) is 4.99 Å². The van der Waals surface area contributed by atoms with E-state index in [1.807, 2.05) is 7.05 Å². The van der Waals surface area contributed by atoms with Crippen molar-refractivity contribution in [3.8, 4) is 0 Å². The van der Waals surface area contributed by atoms with Gasteiger partial charge < -0.3 is 20.4 Å². The fourth-order valence-electron chi connectivity index (χ4n) is 4.17. The zero-order valence-corrected chi connectivity index (χ0v) is 17.0. The van der Waals surface area contributed by atoms with Gasteiger partial charge in [-0.1, -0.05) is 31.0 Å². The largest absolute Gasteiger partial charge is 0.369 e. The van der Waals surface area contributed by atoms with E-state index in [1.54, 1.807) is 0 Å². The quantitative estimate of drug-likeness (QED) is 0.419. The molecule has 0 aliphatic carbocycles. The lowest BCUT2D eigenvalue weighted by Gasteiger charge is -2.26. The number of nitrogens with one attached hydrogen (secondary N) is 2. The fourth-order valence-corrected chi connectivity index (χ4v) is 4.17. The summed E-state index contributed by atoms with van der Waals surface area (Å²) in [4.78, 5) is 9.49. The molecule has 2 saturated heterocycles. The van der Waals surface area contributed by atoms with Crippen LogP contribution in [0.5, 0.6) is 0 Å². The molecule has 0 radical (unpaired) electrons. The van der Waals surface area contributed by atoms with Crippen molar-refractivity contribution >= 4 is 11.6 Å². The van der Waals surface area contributed by atoms with Gasteiger partial charge in [-0.25, -0.2) is 0 Å². The Morgan fingerprint density at radius 1 is 1.04 bits per heavy atom. The van der Waals surface area contributed by atoms with Crippen LogP contribution in [0.15, 0.2) is 35.3 Å². The van der Waals surface area contributed by atoms with Crippen LogP contribution in [0.1, 0.15) is 44.9 Å². The van der Waals surface area contributed by atoms with Gasteiger partial charge >= 0.3 is 0 Å². The molecule has 27 heavy (non-hydrogen) atoms. The molecule has 0 spiro atoms. The molecule has 5 heteroatoms. The van der Waals surface area contributed by atoms with E-state index in [-0.39, 0.29) is 0 Å². The highest BCUT2D eigenvalue weighted by Crippen LogP contribution is 2.19. The molecule has 2 aliphatic rings. The lowest BCUT2D eigenvalue weighted by molar-refractivity contribution is 0.224. The molecule has 1 atom stereocenters. The van der Waals surface area contributed by atoms with Gasteiger partial charge in [0, 0.05) is 38.4 Å². The molecular weight excluding hydrogens is 334 g/mol. The molecule has 2 heterocycles. The number of aliphatic imine (C=N–C) groups is 1. The predicted octanol–water partition coefficient (Wildman–Crippen LogP) is 3.09. The molecule has 2 N–H and O–H groups in total. The summed E-state index contributed by atoms with van der Waals surface area (Å²) in [7, 11) is 1.87. The number of unbranched alkanes of at least 4 members (excludes halogenated alkanes) is 2. The van der Waals surface area contributed by atoms with Gasteiger partial charge in [-0.15, -0.1) is 0 Å². The van der Waals surface area contributed by atoms with E-state index in [9.17, 15) is 0 Å². The Kier molecular flexibility index (Phi) is 8.28. The van der Waals surface area contributed by atoms with Gasteiger partial charge in [-0.05, 0) is 63.9 Å². The summed E-state index contributed by atoms with van der Waals surface area (Å²) in [6, 6.07) is 11.2. The highest BCUT2D eigenvalue weighted by molar-refractivity contribution is 5.80. The van der Waals surface area contributed by atoms with Crippen LogP contribution in [0.3, 0.4) is 0 Å². The van der Waals surface area contributed by atoms with E-state index in [4.69, 9.17) is 0 Å². The number of nitrogens with zero attached hydrogens (tertiary/aromatic N) is 3. The van der Waals surface area contributed by atoms with Gasteiger partial charge in [0.2, 0.25) is 0 Å². The van der Waals surface area contributed by atoms with E-state index < -0.39 is 0 Å². The number of hydrogen-bond donors (Lipinski definition) is 2. The Morgan fingerprint density at radius 3 is 2.63 bits per heavy atom. The average Bonchev–Trinajstić information content (AvgIpc) is 3.19. The van der Waals surface area contributed by atoms with Crippen LogP contribution in [0.2, 0.25) is 0 Å². The van der Waals surface area contributed by atoms with E-state index in [1.165, 1.54) is 63.8 Å². The van der Waals surface area contributed by atoms with Crippen LogP contribution in [0, 0.1) is 0 Å². The van der Waals surface area contributed by atoms with Crippen LogP contribution in [-0.2, 0) is 0 Å². The Balaban J connectivity index is 1.27. The molecule has 0 aromatic heterocycles. The first kappa shape index (κ1) is 20.0. The van der Waals surface area contributed by atoms with Crippen molar-refractivity contribution in [2.75, 3.05) is 51.2 Å². The number of anilines is 1. The zero-order valence-electron chi connectivity index (χ0n) is 17.0. The summed E-state index contributed by atoms with van der Waals surface area (Å²) in [6.45, 7) is 7.07. The molecular formula is C22H37N5. The monoisotopic (exact) mass is 371 g/mol. The third kappa shape index (κ3) is 6.73. The Hall–Kier alpha value is -1.75. The first-order valence-corrected chi connectivity index (χ1v) is 10.8. The van der Waals surface area contributed by atoms with Gasteiger partial charge in [0.25, 0.3) is 0 Å². The molecule has 0 bridgehead atoms. The third-order valence-corrected chi connectivity index (χ3v) is 5.77. The average molecular weight is 372 g/mol. The smallest absolute Gasteiger partial charge is 0.191 e. The molecule has 1 aromatic carbocycles. The molecule has 1 unspecified atom stereocenters. The highest BCUT2D eigenvalue weighted by Gasteiger charge is 2.23. The topological polar surface area (TPSA) is 42.9 Å². The number of benzene rings is 1. The second-order valence-electron chi connectivity index (χ2n) is 7.87. The second kappa shape index (κ2) is 11.2. The molecule has 0 saturated carbocycles. The molecule has 3 rings (SSSR count). The lowest BCUT2D eigenvalue weighted by Crippen LogP contribution is -2.44. The van der Waals surface area contributed by atoms with E-state index >= 15 is 0 Å². The molecule has 1 aromatic rings. The Bertz CT molecular complexity index is 553. The number of hydrogen-bond acceptors (Lipinski definition) is 3. The van der Waals surface area contributed by atoms with Crippen molar-refractivity contribution in [1.82, 2.24) is 15.5 Å². The Labute approximate surface area is 165 Å². The summed E-state index contributed by atoms with van der Waals surface area (Å²) >= 11 is 0. The van der Waals surface area contributed by atoms with Crippen molar-refractivity contribution in [1.29, 1.82) is 0 Å². The minimum absolute atomic E-state index is 0.468. The van der Waals surface area contributed by atoms with Gasteiger partial charge in [0.05, 0.1) is 0 Å². The summed E-state index contributed by atoms with van der Waals surface area (Å²) in [5.41, 5.74) is 1.32. The fraction of sp³-hybridized carbons (Fsp3) is 0.682. The third-order valence-electron chi connectivity index (χ3n) is 5.77. The normalized spacial score (nSPS) is 21.4. The molecule has 2 aliphatic heterocycles. The summed E-state index contributed by atoms with van der Waals surface area (Å²) in [6.07, 6.45) is 9.21. The minimum atomic E-state index is 0.468. The van der Waals surface area contributed by atoms with E-state index in [2.05, 4.69) is 55.8 Å². The number of piperidine rings is 1. The summed E-state index contributed by atoms with van der Waals surface area (Å²) in [5.74, 6) is 0.950. The maximum absolute atomic E-state index is 4.41. The van der Waals surface area contributed by atoms with Crippen LogP contribution in [0.25, 0.3) is 0 Å². The predicted molar refractivity (Wildman–Crippen MR) is 116 cm³/mol. The first-order valence-electron chi connectivity index (χ1n) is 10.8. The molecule has 0 amide bonds. The summed E-state index contributed by atoms with van der Waals surface area (Å²) in [5, 5.41) is 7.09. The minimum Gasteiger partial charge on any atom is -0.369 e. The maximum Gasteiger partial charge on any atom is 0.191 e. The highest BCUT2D eigenvalue weighted by atomic mass is 15.2. The van der Waals surface area contributed by atoms with E-state index in [0.717, 1.165) is 32.0 Å². The van der Waals surface area contributed by atoms with Crippen molar-refractivity contribution in [3.63, 3.8) is 0 Å². The SMILES string of the molecule is CN=C(NCCCCCN1CCCCC1)NC1CCN(c2ccccc2)C1. The van der Waals surface area contributed by atoms with Crippen LogP contribution < -0.4 is 15.5 Å². The standard InChI is InChI=1S/C22H37N5/c1-23-22(24-14-7-3-8-15-26-16-9-4-10-17-26)25-20-13-18-27(19-20)21-11-5-2-6-12-21/h2,5-6,11-12,20H,3-4,7-10,13-19H2,1H3,(H2,23,24,25). The van der Waals surface area contributed by atoms with E-state index in [0.29, 0.717) is 6.04 Å². The lowest BCUT2D eigenvalue weighted by atomic mass is 10.1. The Morgan fingerprint density at radius 2 is 1.85 bits per heavy atom. The zero-order chi connectivity index (χ0) is 18.7. The van der Waals surface area contributed by atoms with Crippen LogP contribution in [-0.4, -0.2) is 63.2 Å². The van der Waals surface area contributed by atoms with Gasteiger partial charge in [0.15, 0.2) is 5.96 Å². The number of likely N-dealkylation sites (tertiary alicyclic amines) is 1. The van der Waals surface area contributed by atoms with Crippen molar-refractivity contribution < 1.29 is 0 Å². The molecule has 2 fully saturated rings.